The SMILES string of the molecule is CNC(C)(C)C(=O)Nc1ccc(Cl)cc1C(F)(F)F. The second-order valence-electron chi connectivity index (χ2n) is 4.52. The van der Waals surface area contributed by atoms with Gasteiger partial charge in [-0.05, 0) is 39.1 Å². The lowest BCUT2D eigenvalue weighted by Crippen LogP contribution is -2.48. The quantitative estimate of drug-likeness (QED) is 0.898. The number of carbonyl (C=O) groups is 1. The minimum Gasteiger partial charge on any atom is -0.324 e. The summed E-state index contributed by atoms with van der Waals surface area (Å²) in [6.45, 7) is 3.12. The molecule has 0 spiro atoms. The Balaban J connectivity index is 3.12. The van der Waals surface area contributed by atoms with Crippen LogP contribution in [0.2, 0.25) is 5.02 Å². The molecular weight excluding hydrogens is 281 g/mol. The average molecular weight is 295 g/mol. The molecule has 7 heteroatoms. The third-order valence-corrected chi connectivity index (χ3v) is 2.96. The van der Waals surface area contributed by atoms with E-state index < -0.39 is 23.2 Å². The van der Waals surface area contributed by atoms with Crippen molar-refractivity contribution in [2.45, 2.75) is 25.6 Å². The lowest BCUT2D eigenvalue weighted by molar-refractivity contribution is -0.137. The van der Waals surface area contributed by atoms with Crippen molar-refractivity contribution in [1.82, 2.24) is 5.32 Å². The molecule has 0 saturated heterocycles. The summed E-state index contributed by atoms with van der Waals surface area (Å²) in [5.41, 5.74) is -2.27. The number of hydrogen-bond acceptors (Lipinski definition) is 2. The lowest BCUT2D eigenvalue weighted by atomic mass is 10.0. The number of carbonyl (C=O) groups excluding carboxylic acids is 1. The van der Waals surface area contributed by atoms with Gasteiger partial charge >= 0.3 is 6.18 Å². The van der Waals surface area contributed by atoms with E-state index >= 15 is 0 Å². The Hall–Kier alpha value is -1.27. The Bertz CT molecular complexity index is 486. The molecule has 0 heterocycles. The molecule has 0 unspecified atom stereocenters. The molecule has 1 aromatic rings. The van der Waals surface area contributed by atoms with Gasteiger partial charge in [0.05, 0.1) is 16.8 Å². The highest BCUT2D eigenvalue weighted by atomic mass is 35.5. The molecule has 0 radical (unpaired) electrons. The molecule has 0 bridgehead atoms. The third kappa shape index (κ3) is 3.84. The predicted molar refractivity (Wildman–Crippen MR) is 68.2 cm³/mol. The number of amides is 1. The number of rotatable bonds is 3. The zero-order chi connectivity index (χ0) is 14.8. The molecule has 0 atom stereocenters. The second-order valence-corrected chi connectivity index (χ2v) is 4.95. The minimum atomic E-state index is -4.59. The van der Waals surface area contributed by atoms with Gasteiger partial charge in [0.2, 0.25) is 5.91 Å². The zero-order valence-electron chi connectivity index (χ0n) is 10.7. The molecule has 0 aliphatic heterocycles. The average Bonchev–Trinajstić information content (AvgIpc) is 2.30. The fraction of sp³-hybridized carbons (Fsp3) is 0.417. The molecule has 0 aliphatic rings. The van der Waals surface area contributed by atoms with E-state index in [4.69, 9.17) is 11.6 Å². The first-order chi connectivity index (χ1) is 8.58. The summed E-state index contributed by atoms with van der Waals surface area (Å²) >= 11 is 5.55. The van der Waals surface area contributed by atoms with Crippen molar-refractivity contribution in [3.63, 3.8) is 0 Å². The van der Waals surface area contributed by atoms with Gasteiger partial charge in [-0.15, -0.1) is 0 Å². The van der Waals surface area contributed by atoms with Gasteiger partial charge in [-0.1, -0.05) is 11.6 Å². The van der Waals surface area contributed by atoms with Gasteiger partial charge in [-0.25, -0.2) is 0 Å². The van der Waals surface area contributed by atoms with E-state index in [9.17, 15) is 18.0 Å². The van der Waals surface area contributed by atoms with Crippen molar-refractivity contribution in [3.8, 4) is 0 Å². The molecular formula is C12H14ClF3N2O. The first-order valence-electron chi connectivity index (χ1n) is 5.45. The van der Waals surface area contributed by atoms with E-state index in [2.05, 4.69) is 10.6 Å². The van der Waals surface area contributed by atoms with Crippen molar-refractivity contribution in [2.24, 2.45) is 0 Å². The van der Waals surface area contributed by atoms with Crippen LogP contribution in [0.15, 0.2) is 18.2 Å². The topological polar surface area (TPSA) is 41.1 Å². The summed E-state index contributed by atoms with van der Waals surface area (Å²) in [6.07, 6.45) is -4.59. The number of nitrogens with one attached hydrogen (secondary N) is 2. The van der Waals surface area contributed by atoms with E-state index in [1.807, 2.05) is 0 Å². The van der Waals surface area contributed by atoms with E-state index in [0.717, 1.165) is 12.1 Å². The first kappa shape index (κ1) is 15.8. The fourth-order valence-electron chi connectivity index (χ4n) is 1.25. The van der Waals surface area contributed by atoms with Crippen molar-refractivity contribution < 1.29 is 18.0 Å². The summed E-state index contributed by atoms with van der Waals surface area (Å²) in [6, 6.07) is 3.21. The number of likely N-dealkylation sites (N-methyl/N-ethyl adjacent to an activating group) is 1. The minimum absolute atomic E-state index is 0.0433. The second kappa shape index (κ2) is 5.38. The zero-order valence-corrected chi connectivity index (χ0v) is 11.4. The molecule has 106 valence electrons. The highest BCUT2D eigenvalue weighted by molar-refractivity contribution is 6.30. The predicted octanol–water partition coefficient (Wildman–Crippen LogP) is 3.30. The molecule has 0 aliphatic carbocycles. The van der Waals surface area contributed by atoms with Crippen molar-refractivity contribution in [2.75, 3.05) is 12.4 Å². The molecule has 0 fully saturated rings. The fourth-order valence-corrected chi connectivity index (χ4v) is 1.42. The Kier molecular flexibility index (Phi) is 4.47. The van der Waals surface area contributed by atoms with E-state index in [-0.39, 0.29) is 10.7 Å². The van der Waals surface area contributed by atoms with Crippen LogP contribution in [0.1, 0.15) is 19.4 Å². The molecule has 19 heavy (non-hydrogen) atoms. The normalized spacial score (nSPS) is 12.4. The number of halogens is 4. The van der Waals surface area contributed by atoms with Crippen LogP contribution >= 0.6 is 11.6 Å². The van der Waals surface area contributed by atoms with Crippen molar-refractivity contribution in [3.05, 3.63) is 28.8 Å². The van der Waals surface area contributed by atoms with Crippen molar-refractivity contribution in [1.29, 1.82) is 0 Å². The first-order valence-corrected chi connectivity index (χ1v) is 5.83. The standard InChI is InChI=1S/C12H14ClF3N2O/c1-11(2,17-3)10(19)18-9-5-4-7(13)6-8(9)12(14,15)16/h4-6,17H,1-3H3,(H,18,19). The van der Waals surface area contributed by atoms with Gasteiger partial charge in [-0.2, -0.15) is 13.2 Å². The Morgan fingerprint density at radius 3 is 2.32 bits per heavy atom. The molecule has 3 nitrogen and oxygen atoms in total. The van der Waals surface area contributed by atoms with E-state index in [1.165, 1.54) is 6.07 Å². The summed E-state index contributed by atoms with van der Waals surface area (Å²) < 4.78 is 38.5. The van der Waals surface area contributed by atoms with Crippen LogP contribution in [-0.2, 0) is 11.0 Å². The van der Waals surface area contributed by atoms with Crippen LogP contribution in [0, 0.1) is 0 Å². The van der Waals surface area contributed by atoms with Crippen LogP contribution in [0.25, 0.3) is 0 Å². The smallest absolute Gasteiger partial charge is 0.324 e. The summed E-state index contributed by atoms with van der Waals surface area (Å²) in [4.78, 5) is 11.9. The van der Waals surface area contributed by atoms with Crippen LogP contribution in [0.4, 0.5) is 18.9 Å². The summed E-state index contributed by atoms with van der Waals surface area (Å²) in [5.74, 6) is -0.567. The molecule has 0 aromatic heterocycles. The summed E-state index contributed by atoms with van der Waals surface area (Å²) in [7, 11) is 1.55. The van der Waals surface area contributed by atoms with Gasteiger partial charge in [0.1, 0.15) is 0 Å². The van der Waals surface area contributed by atoms with Crippen molar-refractivity contribution >= 4 is 23.2 Å². The van der Waals surface area contributed by atoms with Crippen LogP contribution < -0.4 is 10.6 Å². The number of anilines is 1. The maximum atomic E-state index is 12.8. The Labute approximate surface area is 114 Å². The van der Waals surface area contributed by atoms with Gasteiger partial charge < -0.3 is 10.6 Å². The Morgan fingerprint density at radius 1 is 1.26 bits per heavy atom. The number of alkyl halides is 3. The van der Waals surface area contributed by atoms with Crippen LogP contribution in [-0.4, -0.2) is 18.5 Å². The maximum Gasteiger partial charge on any atom is 0.418 e. The number of benzene rings is 1. The molecule has 1 rings (SSSR count). The number of hydrogen-bond donors (Lipinski definition) is 2. The van der Waals surface area contributed by atoms with Crippen LogP contribution in [0.5, 0.6) is 0 Å². The lowest BCUT2D eigenvalue weighted by Gasteiger charge is -2.24. The van der Waals surface area contributed by atoms with Gasteiger partial charge in [0, 0.05) is 5.02 Å². The van der Waals surface area contributed by atoms with E-state index in [1.54, 1.807) is 20.9 Å². The maximum absolute atomic E-state index is 12.8. The highest BCUT2D eigenvalue weighted by Crippen LogP contribution is 2.36. The Morgan fingerprint density at radius 2 is 1.84 bits per heavy atom. The molecule has 1 amide bonds. The third-order valence-electron chi connectivity index (χ3n) is 2.73. The molecule has 2 N–H and O–H groups in total. The largest absolute Gasteiger partial charge is 0.418 e. The highest BCUT2D eigenvalue weighted by Gasteiger charge is 2.35. The summed E-state index contributed by atoms with van der Waals surface area (Å²) in [5, 5.41) is 4.92. The van der Waals surface area contributed by atoms with Crippen LogP contribution in [0.3, 0.4) is 0 Å². The van der Waals surface area contributed by atoms with Gasteiger partial charge in [0.25, 0.3) is 0 Å². The van der Waals surface area contributed by atoms with Gasteiger partial charge in [-0.3, -0.25) is 4.79 Å². The monoisotopic (exact) mass is 294 g/mol. The van der Waals surface area contributed by atoms with E-state index in [0.29, 0.717) is 0 Å². The van der Waals surface area contributed by atoms with Gasteiger partial charge in [0.15, 0.2) is 0 Å². The molecule has 1 aromatic carbocycles. The molecule has 0 saturated carbocycles.